The van der Waals surface area contributed by atoms with E-state index in [1.807, 2.05) is 0 Å². The Morgan fingerprint density at radius 1 is 1.11 bits per heavy atom. The molecular formula is C20H22ClN3O3. The fourth-order valence-corrected chi connectivity index (χ4v) is 3.43. The van der Waals surface area contributed by atoms with Gasteiger partial charge in [0, 0.05) is 37.0 Å². The zero-order valence-electron chi connectivity index (χ0n) is 15.0. The van der Waals surface area contributed by atoms with Gasteiger partial charge in [-0.3, -0.25) is 14.9 Å². The van der Waals surface area contributed by atoms with Crippen molar-refractivity contribution >= 4 is 28.9 Å². The third-order valence-corrected chi connectivity index (χ3v) is 5.08. The van der Waals surface area contributed by atoms with Crippen LogP contribution in [0.5, 0.6) is 0 Å². The molecule has 0 spiro atoms. The Balaban J connectivity index is 1.52. The van der Waals surface area contributed by atoms with Crippen LogP contribution in [0.15, 0.2) is 42.5 Å². The largest absolute Gasteiger partial charge is 0.372 e. The summed E-state index contributed by atoms with van der Waals surface area (Å²) in [7, 11) is 0. The van der Waals surface area contributed by atoms with Crippen LogP contribution in [0.4, 0.5) is 11.4 Å². The van der Waals surface area contributed by atoms with Gasteiger partial charge in [-0.1, -0.05) is 23.7 Å². The van der Waals surface area contributed by atoms with E-state index in [-0.39, 0.29) is 22.2 Å². The van der Waals surface area contributed by atoms with Crippen molar-refractivity contribution in [3.8, 4) is 0 Å². The molecule has 0 saturated carbocycles. The van der Waals surface area contributed by atoms with Crippen LogP contribution in [0, 0.1) is 10.1 Å². The monoisotopic (exact) mass is 387 g/mol. The zero-order valence-corrected chi connectivity index (χ0v) is 15.7. The summed E-state index contributed by atoms with van der Waals surface area (Å²) in [6, 6.07) is 12.5. The van der Waals surface area contributed by atoms with E-state index in [1.165, 1.54) is 43.1 Å². The summed E-state index contributed by atoms with van der Waals surface area (Å²) in [4.78, 5) is 24.9. The number of hydrogen-bond donors (Lipinski definition) is 1. The number of rotatable bonds is 6. The number of carbonyl (C=O) groups excluding carboxylic acids is 1. The molecule has 7 heteroatoms. The van der Waals surface area contributed by atoms with Crippen molar-refractivity contribution in [2.45, 2.75) is 25.7 Å². The van der Waals surface area contributed by atoms with Gasteiger partial charge in [-0.15, -0.1) is 0 Å². The van der Waals surface area contributed by atoms with Crippen LogP contribution in [0.2, 0.25) is 5.02 Å². The SMILES string of the molecule is O=C(NCCc1ccc(N2CCCCC2)cc1)c1ccc(Cl)c([N+](=O)[O-])c1. The fraction of sp³-hybridized carbons (Fsp3) is 0.350. The lowest BCUT2D eigenvalue weighted by Gasteiger charge is -2.28. The van der Waals surface area contributed by atoms with E-state index in [2.05, 4.69) is 34.5 Å². The molecule has 0 aromatic heterocycles. The van der Waals surface area contributed by atoms with Crippen molar-refractivity contribution in [2.24, 2.45) is 0 Å². The van der Waals surface area contributed by atoms with Gasteiger partial charge in [0.15, 0.2) is 0 Å². The maximum absolute atomic E-state index is 12.2. The number of nitrogens with one attached hydrogen (secondary N) is 1. The third kappa shape index (κ3) is 4.98. The molecule has 1 aliphatic rings. The third-order valence-electron chi connectivity index (χ3n) is 4.76. The first-order chi connectivity index (χ1) is 13.0. The van der Waals surface area contributed by atoms with Gasteiger partial charge < -0.3 is 10.2 Å². The summed E-state index contributed by atoms with van der Waals surface area (Å²) in [5, 5.41) is 13.7. The molecule has 1 aliphatic heterocycles. The van der Waals surface area contributed by atoms with Crippen molar-refractivity contribution < 1.29 is 9.72 Å². The molecule has 2 aromatic carbocycles. The summed E-state index contributed by atoms with van der Waals surface area (Å²) in [5.41, 5.74) is 2.35. The summed E-state index contributed by atoms with van der Waals surface area (Å²) < 4.78 is 0. The smallest absolute Gasteiger partial charge is 0.288 e. The number of amides is 1. The van der Waals surface area contributed by atoms with Crippen LogP contribution in [-0.2, 0) is 6.42 Å². The molecule has 0 bridgehead atoms. The maximum atomic E-state index is 12.2. The molecule has 1 heterocycles. The highest BCUT2D eigenvalue weighted by atomic mass is 35.5. The average molecular weight is 388 g/mol. The molecule has 1 N–H and O–H groups in total. The van der Waals surface area contributed by atoms with Crippen LogP contribution < -0.4 is 10.2 Å². The summed E-state index contributed by atoms with van der Waals surface area (Å²) in [6.07, 6.45) is 4.50. The van der Waals surface area contributed by atoms with Crippen LogP contribution in [0.1, 0.15) is 35.2 Å². The number of piperidine rings is 1. The number of anilines is 1. The number of carbonyl (C=O) groups is 1. The first kappa shape index (κ1) is 19.2. The molecule has 0 aliphatic carbocycles. The van der Waals surface area contributed by atoms with Crippen molar-refractivity contribution in [1.82, 2.24) is 5.32 Å². The molecule has 2 aromatic rings. The highest BCUT2D eigenvalue weighted by molar-refractivity contribution is 6.32. The average Bonchev–Trinajstić information content (AvgIpc) is 2.69. The van der Waals surface area contributed by atoms with Gasteiger partial charge in [0.05, 0.1) is 4.92 Å². The number of benzene rings is 2. The minimum absolute atomic E-state index is 0.0188. The van der Waals surface area contributed by atoms with E-state index in [4.69, 9.17) is 11.6 Å². The summed E-state index contributed by atoms with van der Waals surface area (Å²) in [5.74, 6) is -0.347. The summed E-state index contributed by atoms with van der Waals surface area (Å²) >= 11 is 5.77. The number of nitro groups is 1. The van der Waals surface area contributed by atoms with Crippen molar-refractivity contribution in [1.29, 1.82) is 0 Å². The van der Waals surface area contributed by atoms with Gasteiger partial charge in [-0.25, -0.2) is 0 Å². The highest BCUT2D eigenvalue weighted by Crippen LogP contribution is 2.25. The van der Waals surface area contributed by atoms with Gasteiger partial charge in [0.2, 0.25) is 0 Å². The van der Waals surface area contributed by atoms with Crippen molar-refractivity contribution in [3.63, 3.8) is 0 Å². The standard InChI is InChI=1S/C20H22ClN3O3/c21-18-9-6-16(14-19(18)24(26)27)20(25)22-11-10-15-4-7-17(8-5-15)23-12-2-1-3-13-23/h4-9,14H,1-3,10-13H2,(H,22,25). The first-order valence-corrected chi connectivity index (χ1v) is 9.48. The lowest BCUT2D eigenvalue weighted by atomic mass is 10.1. The van der Waals surface area contributed by atoms with Gasteiger partial charge in [0.25, 0.3) is 11.6 Å². The second-order valence-corrected chi connectivity index (χ2v) is 7.05. The quantitative estimate of drug-likeness (QED) is 0.595. The Morgan fingerprint density at radius 3 is 2.48 bits per heavy atom. The molecular weight excluding hydrogens is 366 g/mol. The number of nitrogens with zero attached hydrogens (tertiary/aromatic N) is 2. The topological polar surface area (TPSA) is 75.5 Å². The number of halogens is 1. The molecule has 0 atom stereocenters. The van der Waals surface area contributed by atoms with E-state index >= 15 is 0 Å². The lowest BCUT2D eigenvalue weighted by Crippen LogP contribution is -2.29. The Hall–Kier alpha value is -2.60. The molecule has 0 radical (unpaired) electrons. The van der Waals surface area contributed by atoms with E-state index < -0.39 is 4.92 Å². The van der Waals surface area contributed by atoms with Crippen LogP contribution >= 0.6 is 11.6 Å². The second-order valence-electron chi connectivity index (χ2n) is 6.64. The Labute approximate surface area is 163 Å². The molecule has 142 valence electrons. The second kappa shape index (κ2) is 8.86. The predicted molar refractivity (Wildman–Crippen MR) is 107 cm³/mol. The predicted octanol–water partition coefficient (Wildman–Crippen LogP) is 4.21. The minimum Gasteiger partial charge on any atom is -0.372 e. The molecule has 3 rings (SSSR count). The fourth-order valence-electron chi connectivity index (χ4n) is 3.24. The van der Waals surface area contributed by atoms with Crippen LogP contribution in [-0.4, -0.2) is 30.5 Å². The minimum atomic E-state index is -0.594. The maximum Gasteiger partial charge on any atom is 0.288 e. The molecule has 1 fully saturated rings. The molecule has 1 saturated heterocycles. The zero-order chi connectivity index (χ0) is 19.2. The van der Waals surface area contributed by atoms with Gasteiger partial charge >= 0.3 is 0 Å². The Bertz CT molecular complexity index is 818. The van der Waals surface area contributed by atoms with Crippen molar-refractivity contribution in [3.05, 3.63) is 68.7 Å². The van der Waals surface area contributed by atoms with E-state index in [0.29, 0.717) is 13.0 Å². The van der Waals surface area contributed by atoms with Crippen LogP contribution in [0.25, 0.3) is 0 Å². The Kier molecular flexibility index (Phi) is 6.29. The first-order valence-electron chi connectivity index (χ1n) is 9.10. The molecule has 27 heavy (non-hydrogen) atoms. The highest BCUT2D eigenvalue weighted by Gasteiger charge is 2.16. The molecule has 1 amide bonds. The van der Waals surface area contributed by atoms with Gasteiger partial charge in [-0.05, 0) is 55.5 Å². The van der Waals surface area contributed by atoms with E-state index in [1.54, 1.807) is 0 Å². The van der Waals surface area contributed by atoms with E-state index in [0.717, 1.165) is 18.7 Å². The normalized spacial score (nSPS) is 14.0. The number of nitro benzene ring substituents is 1. The lowest BCUT2D eigenvalue weighted by molar-refractivity contribution is -0.384. The molecule has 0 unspecified atom stereocenters. The Morgan fingerprint density at radius 2 is 1.81 bits per heavy atom. The van der Waals surface area contributed by atoms with Gasteiger partial charge in [0.1, 0.15) is 5.02 Å². The van der Waals surface area contributed by atoms with E-state index in [9.17, 15) is 14.9 Å². The van der Waals surface area contributed by atoms with Crippen LogP contribution in [0.3, 0.4) is 0 Å². The molecule has 6 nitrogen and oxygen atoms in total. The van der Waals surface area contributed by atoms with Crippen molar-refractivity contribution in [2.75, 3.05) is 24.5 Å². The van der Waals surface area contributed by atoms with Gasteiger partial charge in [-0.2, -0.15) is 0 Å². The summed E-state index contributed by atoms with van der Waals surface area (Å²) in [6.45, 7) is 2.68. The number of hydrogen-bond acceptors (Lipinski definition) is 4.